The smallest absolute Gasteiger partial charge is 0.232 e. The van der Waals surface area contributed by atoms with Gasteiger partial charge in [0.05, 0.1) is 25.1 Å². The van der Waals surface area contributed by atoms with Crippen LogP contribution in [0.5, 0.6) is 0 Å². The minimum absolute atomic E-state index is 0.00882. The lowest BCUT2D eigenvalue weighted by Gasteiger charge is -2.22. The van der Waals surface area contributed by atoms with E-state index in [2.05, 4.69) is 0 Å². The van der Waals surface area contributed by atoms with Crippen LogP contribution in [0.25, 0.3) is 0 Å². The Bertz CT molecular complexity index is 277. The molecule has 0 saturated heterocycles. The molecule has 0 bridgehead atoms. The third-order valence-electron chi connectivity index (χ3n) is 2.15. The van der Waals surface area contributed by atoms with E-state index in [-0.39, 0.29) is 17.8 Å². The Morgan fingerprint density at radius 3 is 2.12 bits per heavy atom. The van der Waals surface area contributed by atoms with Crippen LogP contribution >= 0.6 is 10.7 Å². The van der Waals surface area contributed by atoms with Gasteiger partial charge in [0.2, 0.25) is 9.05 Å². The summed E-state index contributed by atoms with van der Waals surface area (Å²) in [5, 5.41) is 0. The molecule has 4 nitrogen and oxygen atoms in total. The highest BCUT2D eigenvalue weighted by atomic mass is 35.7. The Morgan fingerprint density at radius 1 is 1.19 bits per heavy atom. The van der Waals surface area contributed by atoms with Crippen LogP contribution in [0.1, 0.15) is 20.8 Å². The average molecular weight is 273 g/mol. The van der Waals surface area contributed by atoms with Gasteiger partial charge in [0.15, 0.2) is 0 Å². The van der Waals surface area contributed by atoms with E-state index in [0.717, 1.165) is 0 Å². The first kappa shape index (κ1) is 16.2. The van der Waals surface area contributed by atoms with Crippen molar-refractivity contribution < 1.29 is 17.9 Å². The maximum absolute atomic E-state index is 10.8. The van der Waals surface area contributed by atoms with Crippen molar-refractivity contribution in [2.45, 2.75) is 26.9 Å². The highest BCUT2D eigenvalue weighted by Gasteiger charge is 2.17. The highest BCUT2D eigenvalue weighted by molar-refractivity contribution is 8.13. The second-order valence-electron chi connectivity index (χ2n) is 4.38. The Labute approximate surface area is 103 Å². The fourth-order valence-electron chi connectivity index (χ4n) is 1.27. The number of halogens is 1. The molecule has 0 aliphatic carbocycles. The first-order chi connectivity index (χ1) is 7.26. The van der Waals surface area contributed by atoms with Crippen molar-refractivity contribution in [3.63, 3.8) is 0 Å². The minimum atomic E-state index is -3.44. The zero-order valence-corrected chi connectivity index (χ0v) is 11.8. The van der Waals surface area contributed by atoms with Crippen molar-refractivity contribution in [2.24, 2.45) is 11.8 Å². The molecule has 16 heavy (non-hydrogen) atoms. The fourth-order valence-corrected chi connectivity index (χ4v) is 2.69. The van der Waals surface area contributed by atoms with E-state index in [1.165, 1.54) is 0 Å². The third-order valence-corrected chi connectivity index (χ3v) is 3.50. The fraction of sp³-hybridized carbons (Fsp3) is 1.00. The van der Waals surface area contributed by atoms with Gasteiger partial charge in [-0.15, -0.1) is 0 Å². The molecule has 0 aliphatic heterocycles. The Morgan fingerprint density at radius 2 is 1.75 bits per heavy atom. The molecule has 0 heterocycles. The predicted molar refractivity (Wildman–Crippen MR) is 65.3 cm³/mol. The molecule has 0 saturated carbocycles. The van der Waals surface area contributed by atoms with Crippen LogP contribution in [0.4, 0.5) is 0 Å². The number of ether oxygens (including phenoxy) is 2. The van der Waals surface area contributed by atoms with Crippen molar-refractivity contribution in [3.05, 3.63) is 0 Å². The maximum atomic E-state index is 10.8. The molecule has 0 radical (unpaired) electrons. The predicted octanol–water partition coefficient (Wildman–Crippen LogP) is 1.88. The summed E-state index contributed by atoms with van der Waals surface area (Å²) in [6.45, 7) is 6.75. The number of rotatable bonds is 8. The minimum Gasteiger partial charge on any atom is -0.382 e. The molecule has 0 aromatic heterocycles. The van der Waals surface area contributed by atoms with Crippen molar-refractivity contribution >= 4 is 19.7 Å². The van der Waals surface area contributed by atoms with Crippen LogP contribution < -0.4 is 0 Å². The normalized spacial score (nSPS) is 16.4. The topological polar surface area (TPSA) is 52.6 Å². The monoisotopic (exact) mass is 272 g/mol. The van der Waals surface area contributed by atoms with Gasteiger partial charge in [-0.25, -0.2) is 8.42 Å². The second-order valence-corrected chi connectivity index (χ2v) is 7.20. The molecule has 0 rings (SSSR count). The number of hydrogen-bond acceptors (Lipinski definition) is 4. The molecule has 0 fully saturated rings. The van der Waals surface area contributed by atoms with E-state index < -0.39 is 9.05 Å². The zero-order valence-electron chi connectivity index (χ0n) is 10.3. The summed E-state index contributed by atoms with van der Waals surface area (Å²) >= 11 is 0. The van der Waals surface area contributed by atoms with E-state index in [1.807, 2.05) is 13.8 Å². The van der Waals surface area contributed by atoms with Crippen molar-refractivity contribution in [2.75, 3.05) is 26.1 Å². The second kappa shape index (κ2) is 7.48. The first-order valence-electron chi connectivity index (χ1n) is 5.29. The first-order valence-corrected chi connectivity index (χ1v) is 7.77. The third kappa shape index (κ3) is 8.33. The van der Waals surface area contributed by atoms with E-state index >= 15 is 0 Å². The molecule has 0 aliphatic rings. The zero-order chi connectivity index (χ0) is 12.8. The van der Waals surface area contributed by atoms with Gasteiger partial charge in [-0.2, -0.15) is 0 Å². The lowest BCUT2D eigenvalue weighted by atomic mass is 10.1. The summed E-state index contributed by atoms with van der Waals surface area (Å²) in [4.78, 5) is 0. The van der Waals surface area contributed by atoms with E-state index in [0.29, 0.717) is 19.1 Å². The van der Waals surface area contributed by atoms with Crippen molar-refractivity contribution in [1.82, 2.24) is 0 Å². The molecule has 0 amide bonds. The van der Waals surface area contributed by atoms with Gasteiger partial charge in [0, 0.05) is 17.8 Å². The molecule has 0 aromatic carbocycles. The molecule has 0 aromatic rings. The van der Waals surface area contributed by atoms with Gasteiger partial charge < -0.3 is 9.47 Å². The largest absolute Gasteiger partial charge is 0.382 e. The van der Waals surface area contributed by atoms with Crippen molar-refractivity contribution in [1.29, 1.82) is 0 Å². The molecule has 0 N–H and O–H groups in total. The molecule has 98 valence electrons. The van der Waals surface area contributed by atoms with Crippen LogP contribution in [0.15, 0.2) is 0 Å². The van der Waals surface area contributed by atoms with E-state index in [9.17, 15) is 8.42 Å². The van der Waals surface area contributed by atoms with Crippen LogP contribution in [-0.2, 0) is 18.5 Å². The lowest BCUT2D eigenvalue weighted by molar-refractivity contribution is -0.0361. The van der Waals surface area contributed by atoms with Gasteiger partial charge in [-0.05, 0) is 11.8 Å². The van der Waals surface area contributed by atoms with Gasteiger partial charge >= 0.3 is 0 Å². The molecule has 6 heteroatoms. The van der Waals surface area contributed by atoms with E-state index in [1.54, 1.807) is 14.0 Å². The summed E-state index contributed by atoms with van der Waals surface area (Å²) in [7, 11) is 3.33. The number of hydrogen-bond donors (Lipinski definition) is 0. The highest BCUT2D eigenvalue weighted by Crippen LogP contribution is 2.11. The van der Waals surface area contributed by atoms with Crippen molar-refractivity contribution in [3.8, 4) is 0 Å². The van der Waals surface area contributed by atoms with E-state index in [4.69, 9.17) is 20.2 Å². The quantitative estimate of drug-likeness (QED) is 0.633. The molecular weight excluding hydrogens is 252 g/mol. The number of methoxy groups -OCH3 is 1. The summed E-state index contributed by atoms with van der Waals surface area (Å²) in [5.74, 6) is 0.159. The van der Waals surface area contributed by atoms with Crippen LogP contribution in [-0.4, -0.2) is 40.6 Å². The molecule has 2 unspecified atom stereocenters. The molecule has 2 atom stereocenters. The van der Waals surface area contributed by atoms with Gasteiger partial charge in [0.25, 0.3) is 0 Å². The van der Waals surface area contributed by atoms with Gasteiger partial charge in [-0.1, -0.05) is 20.8 Å². The summed E-state index contributed by atoms with van der Waals surface area (Å²) < 4.78 is 32.3. The average Bonchev–Trinajstić information content (AvgIpc) is 2.08. The Balaban J connectivity index is 4.01. The lowest BCUT2D eigenvalue weighted by Crippen LogP contribution is -2.28. The van der Waals surface area contributed by atoms with Crippen LogP contribution in [0.2, 0.25) is 0 Å². The summed E-state index contributed by atoms with van der Waals surface area (Å²) in [6.07, 6.45) is -0.00882. The van der Waals surface area contributed by atoms with Crippen LogP contribution in [0, 0.1) is 11.8 Å². The molecule has 0 spiro atoms. The Kier molecular flexibility index (Phi) is 7.55. The Hall–Kier alpha value is 0.160. The van der Waals surface area contributed by atoms with Crippen LogP contribution in [0.3, 0.4) is 0 Å². The SMILES string of the molecule is COCC(OCC(C)CS(=O)(=O)Cl)C(C)C. The molecular formula is C10H21ClO4S. The summed E-state index contributed by atoms with van der Waals surface area (Å²) in [5.41, 5.74) is 0. The standard InChI is InChI=1S/C10H21ClO4S/c1-8(2)10(6-14-4)15-5-9(3)7-16(11,12)13/h8-10H,5-7H2,1-4H3. The van der Waals surface area contributed by atoms with Gasteiger partial charge in [0.1, 0.15) is 0 Å². The maximum Gasteiger partial charge on any atom is 0.232 e. The summed E-state index contributed by atoms with van der Waals surface area (Å²) in [6, 6.07) is 0. The van der Waals surface area contributed by atoms with Gasteiger partial charge in [-0.3, -0.25) is 0 Å².